The summed E-state index contributed by atoms with van der Waals surface area (Å²) in [4.78, 5) is 41.5. The van der Waals surface area contributed by atoms with Crippen molar-refractivity contribution in [2.45, 2.75) is 37.2 Å². The van der Waals surface area contributed by atoms with E-state index in [9.17, 15) is 22.8 Å². The SMILES string of the molecule is CCCNC(=O)C(Cc1ccccc1)N(Cc1c(Cl)cccc1Cl)C(=O)CN1C(=O)c2ccccc2S1(=O)=O. The van der Waals surface area contributed by atoms with Crippen molar-refractivity contribution in [3.05, 3.63) is 99.5 Å². The molecule has 11 heteroatoms. The molecule has 0 spiro atoms. The molecule has 1 heterocycles. The van der Waals surface area contributed by atoms with Crippen LogP contribution in [0.15, 0.2) is 77.7 Å². The van der Waals surface area contributed by atoms with Gasteiger partial charge in [0.15, 0.2) is 0 Å². The second kappa shape index (κ2) is 12.2. The van der Waals surface area contributed by atoms with Gasteiger partial charge in [0.25, 0.3) is 15.9 Å². The van der Waals surface area contributed by atoms with E-state index in [1.165, 1.54) is 23.1 Å². The molecule has 4 rings (SSSR count). The lowest BCUT2D eigenvalue weighted by Gasteiger charge is -2.33. The van der Waals surface area contributed by atoms with Gasteiger partial charge in [-0.1, -0.05) is 78.7 Å². The van der Waals surface area contributed by atoms with Gasteiger partial charge in [-0.3, -0.25) is 14.4 Å². The fourth-order valence-corrected chi connectivity index (χ4v) is 6.41. The van der Waals surface area contributed by atoms with Gasteiger partial charge in [0, 0.05) is 35.1 Å². The molecule has 1 aliphatic heterocycles. The van der Waals surface area contributed by atoms with Crippen LogP contribution < -0.4 is 5.32 Å². The molecule has 1 unspecified atom stereocenters. The molecule has 3 aromatic carbocycles. The fourth-order valence-electron chi connectivity index (χ4n) is 4.37. The second-order valence-electron chi connectivity index (χ2n) is 9.03. The molecular weight excluding hydrogens is 561 g/mol. The maximum Gasteiger partial charge on any atom is 0.269 e. The Bertz CT molecular complexity index is 1480. The third-order valence-corrected chi connectivity index (χ3v) is 8.90. The minimum absolute atomic E-state index is 0.00692. The maximum absolute atomic E-state index is 13.9. The van der Waals surface area contributed by atoms with E-state index in [1.54, 1.807) is 24.3 Å². The summed E-state index contributed by atoms with van der Waals surface area (Å²) < 4.78 is 26.9. The van der Waals surface area contributed by atoms with E-state index in [2.05, 4.69) is 5.32 Å². The molecule has 0 saturated carbocycles. The number of sulfonamides is 1. The molecule has 3 amide bonds. The molecule has 0 bridgehead atoms. The Morgan fingerprint density at radius 1 is 0.949 bits per heavy atom. The van der Waals surface area contributed by atoms with Crippen LogP contribution >= 0.6 is 23.2 Å². The summed E-state index contributed by atoms with van der Waals surface area (Å²) in [5.74, 6) is -1.97. The number of nitrogens with one attached hydrogen (secondary N) is 1. The van der Waals surface area contributed by atoms with E-state index in [-0.39, 0.29) is 33.5 Å². The topological polar surface area (TPSA) is 104 Å². The predicted octanol–water partition coefficient (Wildman–Crippen LogP) is 4.30. The van der Waals surface area contributed by atoms with Gasteiger partial charge in [-0.15, -0.1) is 0 Å². The molecule has 3 aromatic rings. The molecule has 8 nitrogen and oxygen atoms in total. The first-order valence-corrected chi connectivity index (χ1v) is 14.5. The first kappa shape index (κ1) is 28.6. The van der Waals surface area contributed by atoms with Gasteiger partial charge in [-0.05, 0) is 36.2 Å². The van der Waals surface area contributed by atoms with Crippen molar-refractivity contribution in [1.29, 1.82) is 0 Å². The van der Waals surface area contributed by atoms with Crippen LogP contribution in [0.2, 0.25) is 10.0 Å². The minimum Gasteiger partial charge on any atom is -0.354 e. The highest BCUT2D eigenvalue weighted by atomic mass is 35.5. The number of carbonyl (C=O) groups is 3. The van der Waals surface area contributed by atoms with E-state index < -0.39 is 40.3 Å². The zero-order valence-corrected chi connectivity index (χ0v) is 23.5. The highest BCUT2D eigenvalue weighted by molar-refractivity contribution is 7.90. The summed E-state index contributed by atoms with van der Waals surface area (Å²) in [6.07, 6.45) is 0.817. The Hall–Kier alpha value is -3.40. The largest absolute Gasteiger partial charge is 0.354 e. The Morgan fingerprint density at radius 2 is 1.59 bits per heavy atom. The monoisotopic (exact) mass is 587 g/mol. The number of nitrogens with zero attached hydrogens (tertiary/aromatic N) is 2. The van der Waals surface area contributed by atoms with Crippen LogP contribution in [0, 0.1) is 0 Å². The van der Waals surface area contributed by atoms with E-state index in [4.69, 9.17) is 23.2 Å². The Morgan fingerprint density at radius 3 is 2.23 bits per heavy atom. The van der Waals surface area contributed by atoms with Gasteiger partial charge in [0.2, 0.25) is 11.8 Å². The molecule has 1 atom stereocenters. The highest BCUT2D eigenvalue weighted by Gasteiger charge is 2.43. The van der Waals surface area contributed by atoms with Crippen molar-refractivity contribution >= 4 is 50.9 Å². The molecule has 1 N–H and O–H groups in total. The molecule has 204 valence electrons. The van der Waals surface area contributed by atoms with Crippen LogP contribution in [0.3, 0.4) is 0 Å². The highest BCUT2D eigenvalue weighted by Crippen LogP contribution is 2.31. The fraction of sp³-hybridized carbons (Fsp3) is 0.250. The van der Waals surface area contributed by atoms with E-state index in [1.807, 2.05) is 37.3 Å². The number of benzene rings is 3. The van der Waals surface area contributed by atoms with Crippen LogP contribution in [-0.2, 0) is 32.6 Å². The third kappa shape index (κ3) is 6.11. The van der Waals surface area contributed by atoms with Crippen molar-refractivity contribution in [3.8, 4) is 0 Å². The first-order valence-electron chi connectivity index (χ1n) is 12.3. The number of amides is 3. The number of fused-ring (bicyclic) bond motifs is 1. The van der Waals surface area contributed by atoms with Crippen molar-refractivity contribution < 1.29 is 22.8 Å². The Kier molecular flexibility index (Phi) is 8.94. The zero-order valence-electron chi connectivity index (χ0n) is 21.1. The van der Waals surface area contributed by atoms with Crippen molar-refractivity contribution in [3.63, 3.8) is 0 Å². The quantitative estimate of drug-likeness (QED) is 0.381. The lowest BCUT2D eigenvalue weighted by Crippen LogP contribution is -2.53. The predicted molar refractivity (Wildman–Crippen MR) is 149 cm³/mol. The van der Waals surface area contributed by atoms with Gasteiger partial charge in [-0.2, -0.15) is 0 Å². The zero-order chi connectivity index (χ0) is 28.2. The Labute approximate surface area is 237 Å². The molecular formula is C28H27Cl2N3O5S. The van der Waals surface area contributed by atoms with E-state index >= 15 is 0 Å². The van der Waals surface area contributed by atoms with Crippen molar-refractivity contribution in [2.75, 3.05) is 13.1 Å². The number of hydrogen-bond donors (Lipinski definition) is 1. The molecule has 0 aromatic heterocycles. The van der Waals surface area contributed by atoms with Crippen molar-refractivity contribution in [1.82, 2.24) is 14.5 Å². The van der Waals surface area contributed by atoms with Crippen LogP contribution in [0.4, 0.5) is 0 Å². The summed E-state index contributed by atoms with van der Waals surface area (Å²) in [5.41, 5.74) is 1.18. The average Bonchev–Trinajstić information content (AvgIpc) is 3.11. The lowest BCUT2D eigenvalue weighted by atomic mass is 10.0. The van der Waals surface area contributed by atoms with Gasteiger partial charge >= 0.3 is 0 Å². The molecule has 0 saturated heterocycles. The summed E-state index contributed by atoms with van der Waals surface area (Å²) in [6.45, 7) is 1.32. The van der Waals surface area contributed by atoms with Crippen LogP contribution in [-0.4, -0.2) is 54.5 Å². The average molecular weight is 589 g/mol. The van der Waals surface area contributed by atoms with Crippen molar-refractivity contribution in [2.24, 2.45) is 0 Å². The van der Waals surface area contributed by atoms with Gasteiger partial charge < -0.3 is 10.2 Å². The summed E-state index contributed by atoms with van der Waals surface area (Å²) in [5, 5.41) is 3.40. The summed E-state index contributed by atoms with van der Waals surface area (Å²) in [6, 6.07) is 18.8. The number of hydrogen-bond acceptors (Lipinski definition) is 5. The van der Waals surface area contributed by atoms with E-state index in [0.717, 1.165) is 5.56 Å². The Balaban J connectivity index is 1.74. The standard InChI is InChI=1S/C28H27Cl2N3O5S/c1-2-15-31-27(35)24(16-19-9-4-3-5-10-19)32(17-21-22(29)12-8-13-23(21)30)26(34)18-33-28(36)20-11-6-7-14-25(20)39(33,37)38/h3-14,24H,2,15-18H2,1H3,(H,31,35). The van der Waals surface area contributed by atoms with Gasteiger partial charge in [0.05, 0.1) is 5.56 Å². The van der Waals surface area contributed by atoms with Crippen LogP contribution in [0.5, 0.6) is 0 Å². The molecule has 1 aliphatic rings. The minimum atomic E-state index is -4.25. The summed E-state index contributed by atoms with van der Waals surface area (Å²) in [7, 11) is -4.25. The molecule has 0 radical (unpaired) electrons. The number of halogens is 2. The molecule has 0 fully saturated rings. The normalized spacial score (nSPS) is 14.5. The maximum atomic E-state index is 13.9. The second-order valence-corrected chi connectivity index (χ2v) is 11.7. The molecule has 39 heavy (non-hydrogen) atoms. The van der Waals surface area contributed by atoms with Crippen LogP contribution in [0.1, 0.15) is 34.8 Å². The lowest BCUT2D eigenvalue weighted by molar-refractivity contribution is -0.141. The van der Waals surface area contributed by atoms with Gasteiger partial charge in [0.1, 0.15) is 17.5 Å². The molecule has 0 aliphatic carbocycles. The van der Waals surface area contributed by atoms with E-state index in [0.29, 0.717) is 22.8 Å². The number of rotatable bonds is 10. The first-order chi connectivity index (χ1) is 18.6. The smallest absolute Gasteiger partial charge is 0.269 e. The third-order valence-electron chi connectivity index (χ3n) is 6.40. The van der Waals surface area contributed by atoms with Gasteiger partial charge in [-0.25, -0.2) is 12.7 Å². The summed E-state index contributed by atoms with van der Waals surface area (Å²) >= 11 is 12.8. The number of carbonyl (C=O) groups excluding carboxylic acids is 3. The van der Waals surface area contributed by atoms with Crippen LogP contribution in [0.25, 0.3) is 0 Å².